The van der Waals surface area contributed by atoms with E-state index < -0.39 is 10.0 Å². The summed E-state index contributed by atoms with van der Waals surface area (Å²) in [5.41, 5.74) is 2.31. The highest BCUT2D eigenvalue weighted by Gasteiger charge is 2.13. The van der Waals surface area contributed by atoms with Gasteiger partial charge in [0, 0.05) is 19.3 Å². The Labute approximate surface area is 125 Å². The van der Waals surface area contributed by atoms with E-state index in [4.69, 9.17) is 0 Å². The van der Waals surface area contributed by atoms with Crippen LogP contribution < -0.4 is 10.0 Å². The van der Waals surface area contributed by atoms with Crippen LogP contribution in [-0.2, 0) is 28.9 Å². The first kappa shape index (κ1) is 15.5. The van der Waals surface area contributed by atoms with Crippen LogP contribution in [0.3, 0.4) is 0 Å². The lowest BCUT2D eigenvalue weighted by Crippen LogP contribution is -2.15. The van der Waals surface area contributed by atoms with E-state index in [0.29, 0.717) is 18.8 Å². The van der Waals surface area contributed by atoms with Gasteiger partial charge in [0.25, 0.3) is 0 Å². The van der Waals surface area contributed by atoms with Crippen LogP contribution in [0.25, 0.3) is 0 Å². The second kappa shape index (κ2) is 6.73. The van der Waals surface area contributed by atoms with Crippen molar-refractivity contribution in [3.05, 3.63) is 47.8 Å². The zero-order valence-corrected chi connectivity index (χ0v) is 13.0. The summed E-state index contributed by atoms with van der Waals surface area (Å²) in [5, 5.41) is 7.09. The Balaban J connectivity index is 2.08. The van der Waals surface area contributed by atoms with Crippen molar-refractivity contribution in [2.45, 2.75) is 25.8 Å². The topological polar surface area (TPSA) is 76.0 Å². The van der Waals surface area contributed by atoms with Crippen molar-refractivity contribution in [3.8, 4) is 0 Å². The molecular weight excluding hydrogens is 288 g/mol. The molecule has 0 aliphatic carbocycles. The number of aryl methyl sites for hydroxylation is 1. The fraction of sp³-hybridized carbons (Fsp3) is 0.357. The van der Waals surface area contributed by atoms with Crippen LogP contribution in [0.2, 0.25) is 0 Å². The fourth-order valence-corrected chi connectivity index (χ4v) is 3.21. The SMILES string of the molecule is CCn1cc(NS(=O)(=O)Cc2cccc(CNC)c2)cn1. The third kappa shape index (κ3) is 4.57. The highest BCUT2D eigenvalue weighted by Crippen LogP contribution is 2.13. The molecule has 0 spiro atoms. The third-order valence-electron chi connectivity index (χ3n) is 2.96. The van der Waals surface area contributed by atoms with Gasteiger partial charge in [-0.2, -0.15) is 5.10 Å². The molecule has 0 amide bonds. The van der Waals surface area contributed by atoms with Crippen LogP contribution in [0, 0.1) is 0 Å². The summed E-state index contributed by atoms with van der Waals surface area (Å²) in [6.07, 6.45) is 3.19. The number of nitrogens with one attached hydrogen (secondary N) is 2. The molecule has 0 aliphatic heterocycles. The summed E-state index contributed by atoms with van der Waals surface area (Å²) in [4.78, 5) is 0. The van der Waals surface area contributed by atoms with E-state index in [9.17, 15) is 8.42 Å². The van der Waals surface area contributed by atoms with E-state index in [-0.39, 0.29) is 5.75 Å². The molecule has 1 heterocycles. The second-order valence-electron chi connectivity index (χ2n) is 4.80. The predicted molar refractivity (Wildman–Crippen MR) is 83.4 cm³/mol. The lowest BCUT2D eigenvalue weighted by Gasteiger charge is -2.07. The minimum Gasteiger partial charge on any atom is -0.316 e. The highest BCUT2D eigenvalue weighted by molar-refractivity contribution is 7.91. The summed E-state index contributed by atoms with van der Waals surface area (Å²) in [7, 11) is -1.58. The van der Waals surface area contributed by atoms with Gasteiger partial charge in [0.2, 0.25) is 10.0 Å². The zero-order valence-electron chi connectivity index (χ0n) is 12.2. The molecule has 0 saturated carbocycles. The maximum atomic E-state index is 12.2. The van der Waals surface area contributed by atoms with E-state index in [0.717, 1.165) is 11.1 Å². The predicted octanol–water partition coefficient (Wildman–Crippen LogP) is 1.56. The van der Waals surface area contributed by atoms with E-state index in [1.165, 1.54) is 6.20 Å². The minimum absolute atomic E-state index is 0.0537. The molecule has 2 rings (SSSR count). The van der Waals surface area contributed by atoms with Crippen molar-refractivity contribution >= 4 is 15.7 Å². The molecule has 0 saturated heterocycles. The number of rotatable bonds is 7. The summed E-state index contributed by atoms with van der Waals surface area (Å²) >= 11 is 0. The molecule has 0 aliphatic rings. The van der Waals surface area contributed by atoms with Gasteiger partial charge in [-0.1, -0.05) is 24.3 Å². The van der Waals surface area contributed by atoms with Crippen LogP contribution >= 0.6 is 0 Å². The van der Waals surface area contributed by atoms with Crippen LogP contribution in [-0.4, -0.2) is 25.2 Å². The van der Waals surface area contributed by atoms with Crippen LogP contribution in [0.15, 0.2) is 36.7 Å². The van der Waals surface area contributed by atoms with Crippen LogP contribution in [0.1, 0.15) is 18.1 Å². The first-order valence-corrected chi connectivity index (χ1v) is 8.43. The molecule has 114 valence electrons. The van der Waals surface area contributed by atoms with Gasteiger partial charge in [0.1, 0.15) is 0 Å². The monoisotopic (exact) mass is 308 g/mol. The maximum absolute atomic E-state index is 12.2. The van der Waals surface area contributed by atoms with Crippen LogP contribution in [0.4, 0.5) is 5.69 Å². The smallest absolute Gasteiger partial charge is 0.237 e. The van der Waals surface area contributed by atoms with Crippen molar-refractivity contribution in [1.82, 2.24) is 15.1 Å². The number of aromatic nitrogens is 2. The number of hydrogen-bond donors (Lipinski definition) is 2. The molecule has 2 aromatic rings. The minimum atomic E-state index is -3.44. The summed E-state index contributed by atoms with van der Waals surface area (Å²) in [5.74, 6) is -0.0537. The first-order valence-electron chi connectivity index (χ1n) is 6.78. The molecule has 2 N–H and O–H groups in total. The van der Waals surface area contributed by atoms with Gasteiger partial charge in [-0.25, -0.2) is 8.42 Å². The first-order chi connectivity index (χ1) is 10.0. The van der Waals surface area contributed by atoms with Gasteiger partial charge >= 0.3 is 0 Å². The summed E-state index contributed by atoms with van der Waals surface area (Å²) < 4.78 is 28.6. The zero-order chi connectivity index (χ0) is 15.3. The molecule has 0 fully saturated rings. The van der Waals surface area contributed by atoms with E-state index >= 15 is 0 Å². The van der Waals surface area contributed by atoms with E-state index in [2.05, 4.69) is 15.1 Å². The Morgan fingerprint density at radius 2 is 2.05 bits per heavy atom. The van der Waals surface area contributed by atoms with E-state index in [1.54, 1.807) is 10.9 Å². The van der Waals surface area contributed by atoms with Gasteiger partial charge in [0.05, 0.1) is 17.6 Å². The van der Waals surface area contributed by atoms with Gasteiger partial charge in [-0.05, 0) is 25.1 Å². The molecule has 0 bridgehead atoms. The molecule has 0 unspecified atom stereocenters. The van der Waals surface area contributed by atoms with Crippen molar-refractivity contribution in [2.75, 3.05) is 11.8 Å². The lowest BCUT2D eigenvalue weighted by molar-refractivity contribution is 0.600. The Morgan fingerprint density at radius 1 is 1.29 bits per heavy atom. The molecule has 21 heavy (non-hydrogen) atoms. The van der Waals surface area contributed by atoms with Gasteiger partial charge in [0.15, 0.2) is 0 Å². The molecular formula is C14H20N4O2S. The number of nitrogens with zero attached hydrogens (tertiary/aromatic N) is 2. The van der Waals surface area contributed by atoms with Gasteiger partial charge < -0.3 is 5.32 Å². The number of sulfonamides is 1. The van der Waals surface area contributed by atoms with Crippen molar-refractivity contribution < 1.29 is 8.42 Å². The summed E-state index contributed by atoms with van der Waals surface area (Å²) in [6, 6.07) is 7.54. The lowest BCUT2D eigenvalue weighted by atomic mass is 10.1. The third-order valence-corrected chi connectivity index (χ3v) is 4.22. The molecule has 6 nitrogen and oxygen atoms in total. The average molecular weight is 308 g/mol. The highest BCUT2D eigenvalue weighted by atomic mass is 32.2. The number of benzene rings is 1. The average Bonchev–Trinajstić information content (AvgIpc) is 2.85. The molecule has 0 radical (unpaired) electrons. The standard InChI is InChI=1S/C14H20N4O2S/c1-3-18-10-14(9-16-18)17-21(19,20)11-13-6-4-5-12(7-13)8-15-2/h4-7,9-10,15,17H,3,8,11H2,1-2H3. The van der Waals surface area contributed by atoms with Crippen molar-refractivity contribution in [3.63, 3.8) is 0 Å². The Bertz CT molecular complexity index is 695. The molecule has 0 atom stereocenters. The van der Waals surface area contributed by atoms with Gasteiger partial charge in [-0.15, -0.1) is 0 Å². The van der Waals surface area contributed by atoms with E-state index in [1.807, 2.05) is 38.2 Å². The molecule has 1 aromatic carbocycles. The Hall–Kier alpha value is -1.86. The van der Waals surface area contributed by atoms with Crippen molar-refractivity contribution in [1.29, 1.82) is 0 Å². The maximum Gasteiger partial charge on any atom is 0.237 e. The summed E-state index contributed by atoms with van der Waals surface area (Å²) in [6.45, 7) is 3.36. The van der Waals surface area contributed by atoms with Crippen molar-refractivity contribution in [2.24, 2.45) is 0 Å². The van der Waals surface area contributed by atoms with Crippen LogP contribution in [0.5, 0.6) is 0 Å². The molecule has 1 aromatic heterocycles. The number of anilines is 1. The largest absolute Gasteiger partial charge is 0.316 e. The quantitative estimate of drug-likeness (QED) is 0.814. The second-order valence-corrected chi connectivity index (χ2v) is 6.52. The van der Waals surface area contributed by atoms with Gasteiger partial charge in [-0.3, -0.25) is 9.40 Å². The Morgan fingerprint density at radius 3 is 2.71 bits per heavy atom. The molecule has 7 heteroatoms. The normalized spacial score (nSPS) is 11.5. The number of hydrogen-bond acceptors (Lipinski definition) is 4. The fourth-order valence-electron chi connectivity index (χ4n) is 2.06. The Kier molecular flexibility index (Phi) is 4.98.